The zero-order valence-electron chi connectivity index (χ0n) is 5.43. The van der Waals surface area contributed by atoms with Crippen LogP contribution in [-0.4, -0.2) is 47.8 Å². The van der Waals surface area contributed by atoms with Gasteiger partial charge in [0, 0.05) is 0 Å². The van der Waals surface area contributed by atoms with Gasteiger partial charge in [0.1, 0.15) is 24.4 Å². The van der Waals surface area contributed by atoms with Crippen molar-refractivity contribution < 1.29 is 19.7 Å². The van der Waals surface area contributed by atoms with Crippen LogP contribution in [0, 0.1) is 0 Å². The highest BCUT2D eigenvalue weighted by molar-refractivity contribution is 4.93. The van der Waals surface area contributed by atoms with Gasteiger partial charge in [0.15, 0.2) is 0 Å². The van der Waals surface area contributed by atoms with Crippen LogP contribution >= 0.6 is 0 Å². The van der Waals surface area contributed by atoms with Crippen LogP contribution in [0.1, 0.15) is 0 Å². The minimum atomic E-state index is -0.554. The Kier molecular flexibility index (Phi) is 1.42. The largest absolute Gasteiger partial charge is 0.388 e. The zero-order valence-corrected chi connectivity index (χ0v) is 5.43. The highest BCUT2D eigenvalue weighted by atomic mass is 16.6. The second-order valence-corrected chi connectivity index (χ2v) is 2.73. The number of aliphatic hydroxyl groups excluding tert-OH is 2. The summed E-state index contributed by atoms with van der Waals surface area (Å²) in [5.74, 6) is 0. The summed E-state index contributed by atoms with van der Waals surface area (Å²) in [6.07, 6.45) is -1.70. The molecule has 0 saturated carbocycles. The summed E-state index contributed by atoms with van der Waals surface area (Å²) >= 11 is 0. The molecule has 0 radical (unpaired) electrons. The monoisotopic (exact) mass is 146 g/mol. The normalized spacial score (nSPS) is 53.4. The van der Waals surface area contributed by atoms with Gasteiger partial charge in [-0.2, -0.15) is 0 Å². The molecular formula is C6H10O4. The summed E-state index contributed by atoms with van der Waals surface area (Å²) in [5.41, 5.74) is 0. The Morgan fingerprint density at radius 1 is 0.900 bits per heavy atom. The van der Waals surface area contributed by atoms with E-state index in [-0.39, 0.29) is 25.4 Å². The first-order valence-electron chi connectivity index (χ1n) is 3.38. The van der Waals surface area contributed by atoms with E-state index in [1.165, 1.54) is 0 Å². The number of ether oxygens (including phenoxy) is 2. The van der Waals surface area contributed by atoms with E-state index in [1.54, 1.807) is 0 Å². The molecule has 2 saturated heterocycles. The summed E-state index contributed by atoms with van der Waals surface area (Å²) in [7, 11) is 0. The molecule has 2 unspecified atom stereocenters. The number of rotatable bonds is 0. The lowest BCUT2D eigenvalue weighted by Gasteiger charge is -2.09. The molecule has 2 heterocycles. The van der Waals surface area contributed by atoms with Crippen molar-refractivity contribution in [1.29, 1.82) is 0 Å². The minimum Gasteiger partial charge on any atom is -0.388 e. The predicted octanol–water partition coefficient (Wildman–Crippen LogP) is -1.49. The first kappa shape index (κ1) is 6.54. The van der Waals surface area contributed by atoms with E-state index in [4.69, 9.17) is 19.7 Å². The molecule has 4 nitrogen and oxygen atoms in total. The van der Waals surface area contributed by atoms with E-state index in [1.807, 2.05) is 0 Å². The van der Waals surface area contributed by atoms with Gasteiger partial charge in [-0.25, -0.2) is 0 Å². The molecule has 0 aromatic carbocycles. The second-order valence-electron chi connectivity index (χ2n) is 2.73. The molecule has 4 heteroatoms. The van der Waals surface area contributed by atoms with Gasteiger partial charge < -0.3 is 19.7 Å². The first-order chi connectivity index (χ1) is 4.79. The lowest BCUT2D eigenvalue weighted by atomic mass is 10.1. The van der Waals surface area contributed by atoms with Crippen molar-refractivity contribution in [3.8, 4) is 0 Å². The Morgan fingerprint density at radius 3 is 1.70 bits per heavy atom. The summed E-state index contributed by atoms with van der Waals surface area (Å²) in [6.45, 7) is 0.568. The third-order valence-corrected chi connectivity index (χ3v) is 2.00. The van der Waals surface area contributed by atoms with Crippen LogP contribution < -0.4 is 0 Å². The topological polar surface area (TPSA) is 58.9 Å². The van der Waals surface area contributed by atoms with Gasteiger partial charge >= 0.3 is 0 Å². The molecule has 2 aliphatic heterocycles. The third kappa shape index (κ3) is 0.769. The Labute approximate surface area is 58.4 Å². The molecule has 2 N–H and O–H groups in total. The van der Waals surface area contributed by atoms with Crippen molar-refractivity contribution in [1.82, 2.24) is 0 Å². The van der Waals surface area contributed by atoms with Crippen LogP contribution in [0.25, 0.3) is 0 Å². The van der Waals surface area contributed by atoms with Crippen LogP contribution in [0.2, 0.25) is 0 Å². The SMILES string of the molecule is O[C@@H]1COC2C1OC[C@@H]2O. The van der Waals surface area contributed by atoms with Gasteiger partial charge in [-0.05, 0) is 0 Å². The van der Waals surface area contributed by atoms with E-state index in [9.17, 15) is 0 Å². The van der Waals surface area contributed by atoms with Crippen molar-refractivity contribution in [3.05, 3.63) is 0 Å². The van der Waals surface area contributed by atoms with Gasteiger partial charge in [-0.15, -0.1) is 0 Å². The Hall–Kier alpha value is -0.160. The van der Waals surface area contributed by atoms with E-state index >= 15 is 0 Å². The molecule has 2 fully saturated rings. The van der Waals surface area contributed by atoms with E-state index in [0.717, 1.165) is 0 Å². The van der Waals surface area contributed by atoms with Crippen LogP contribution in [-0.2, 0) is 9.47 Å². The molecule has 2 rings (SSSR count). The van der Waals surface area contributed by atoms with Gasteiger partial charge in [0.05, 0.1) is 13.2 Å². The summed E-state index contributed by atoms with van der Waals surface area (Å²) in [5, 5.41) is 18.3. The maximum absolute atomic E-state index is 9.16. The summed E-state index contributed by atoms with van der Waals surface area (Å²) in [4.78, 5) is 0. The Morgan fingerprint density at radius 2 is 1.30 bits per heavy atom. The fourth-order valence-corrected chi connectivity index (χ4v) is 1.46. The molecular weight excluding hydrogens is 136 g/mol. The van der Waals surface area contributed by atoms with Gasteiger partial charge in [0.2, 0.25) is 0 Å². The number of hydrogen-bond acceptors (Lipinski definition) is 4. The average Bonchev–Trinajstić information content (AvgIpc) is 2.41. The van der Waals surface area contributed by atoms with Gasteiger partial charge in [0.25, 0.3) is 0 Å². The predicted molar refractivity (Wildman–Crippen MR) is 31.5 cm³/mol. The quantitative estimate of drug-likeness (QED) is 0.437. The highest BCUT2D eigenvalue weighted by Crippen LogP contribution is 2.26. The number of aliphatic hydroxyl groups is 2. The highest BCUT2D eigenvalue weighted by Gasteiger charge is 2.46. The summed E-state index contributed by atoms with van der Waals surface area (Å²) in [6, 6.07) is 0. The van der Waals surface area contributed by atoms with Crippen LogP contribution in [0.3, 0.4) is 0 Å². The van der Waals surface area contributed by atoms with E-state index < -0.39 is 12.2 Å². The lowest BCUT2D eigenvalue weighted by Crippen LogP contribution is -2.30. The van der Waals surface area contributed by atoms with Crippen molar-refractivity contribution in [3.63, 3.8) is 0 Å². The van der Waals surface area contributed by atoms with Crippen molar-refractivity contribution in [2.75, 3.05) is 13.2 Å². The smallest absolute Gasteiger partial charge is 0.114 e. The zero-order chi connectivity index (χ0) is 7.14. The molecule has 0 aromatic rings. The first-order valence-corrected chi connectivity index (χ1v) is 3.38. The van der Waals surface area contributed by atoms with Crippen molar-refractivity contribution >= 4 is 0 Å². The van der Waals surface area contributed by atoms with Gasteiger partial charge in [-0.1, -0.05) is 0 Å². The molecule has 0 bridgehead atoms. The molecule has 58 valence electrons. The number of fused-ring (bicyclic) bond motifs is 1. The van der Waals surface area contributed by atoms with Crippen LogP contribution in [0.4, 0.5) is 0 Å². The fourth-order valence-electron chi connectivity index (χ4n) is 1.46. The van der Waals surface area contributed by atoms with Crippen molar-refractivity contribution in [2.24, 2.45) is 0 Å². The van der Waals surface area contributed by atoms with Crippen LogP contribution in [0.15, 0.2) is 0 Å². The van der Waals surface area contributed by atoms with E-state index in [0.29, 0.717) is 0 Å². The summed E-state index contributed by atoms with van der Waals surface area (Å²) < 4.78 is 10.2. The molecule has 0 amide bonds. The Balaban J connectivity index is 2.09. The van der Waals surface area contributed by atoms with Crippen molar-refractivity contribution in [2.45, 2.75) is 24.4 Å². The molecule has 0 spiro atoms. The second kappa shape index (κ2) is 2.17. The van der Waals surface area contributed by atoms with E-state index in [2.05, 4.69) is 0 Å². The minimum absolute atomic E-state index is 0.284. The Bertz CT molecular complexity index is 122. The van der Waals surface area contributed by atoms with Gasteiger partial charge in [-0.3, -0.25) is 0 Å². The average molecular weight is 146 g/mol. The number of hydrogen-bond donors (Lipinski definition) is 2. The maximum Gasteiger partial charge on any atom is 0.114 e. The lowest BCUT2D eigenvalue weighted by molar-refractivity contribution is 0.00205. The molecule has 4 atom stereocenters. The standard InChI is InChI=1S/C6H10O4/c7-3-1-9-6-4(8)2-10-5(3)6/h3-8H,1-2H2/t3-,4+,5?,6?. The molecule has 0 aliphatic carbocycles. The fraction of sp³-hybridized carbons (Fsp3) is 1.00. The molecule has 2 aliphatic rings. The van der Waals surface area contributed by atoms with Crippen LogP contribution in [0.5, 0.6) is 0 Å². The maximum atomic E-state index is 9.16. The third-order valence-electron chi connectivity index (χ3n) is 2.00. The molecule has 10 heavy (non-hydrogen) atoms. The molecule has 0 aromatic heterocycles.